The lowest BCUT2D eigenvalue weighted by Crippen LogP contribution is -2.36. The molecule has 3 saturated carbocycles. The van der Waals surface area contributed by atoms with Gasteiger partial charge < -0.3 is 9.84 Å². The third-order valence-corrected chi connectivity index (χ3v) is 4.87. The lowest BCUT2D eigenvalue weighted by Gasteiger charge is -2.31. The van der Waals surface area contributed by atoms with Crippen LogP contribution in [-0.2, 0) is 9.53 Å². The molecule has 0 aromatic heterocycles. The lowest BCUT2D eigenvalue weighted by atomic mass is 9.74. The Hall–Kier alpha value is -0.570. The predicted molar refractivity (Wildman–Crippen MR) is 54.0 cm³/mol. The maximum absolute atomic E-state index is 11.9. The van der Waals surface area contributed by atoms with Crippen molar-refractivity contribution in [1.82, 2.24) is 0 Å². The van der Waals surface area contributed by atoms with Gasteiger partial charge in [-0.3, -0.25) is 4.79 Å². The second-order valence-corrected chi connectivity index (χ2v) is 5.65. The highest BCUT2D eigenvalue weighted by atomic mass is 16.5. The van der Waals surface area contributed by atoms with Crippen molar-refractivity contribution in [2.45, 2.75) is 26.2 Å². The fraction of sp³-hybridized carbons (Fsp3) is 0.917. The van der Waals surface area contributed by atoms with E-state index in [-0.39, 0.29) is 24.6 Å². The molecule has 84 valence electrons. The van der Waals surface area contributed by atoms with Gasteiger partial charge in [0.15, 0.2) is 0 Å². The van der Waals surface area contributed by atoms with E-state index in [1.165, 1.54) is 12.8 Å². The van der Waals surface area contributed by atoms with E-state index in [4.69, 9.17) is 9.84 Å². The Kier molecular flexibility index (Phi) is 1.91. The molecule has 3 aliphatic carbocycles. The topological polar surface area (TPSA) is 46.5 Å². The molecule has 0 saturated heterocycles. The first-order valence-corrected chi connectivity index (χ1v) is 5.95. The zero-order valence-corrected chi connectivity index (χ0v) is 9.11. The second kappa shape index (κ2) is 2.97. The number of hydrogen-bond acceptors (Lipinski definition) is 3. The maximum atomic E-state index is 11.9. The Balaban J connectivity index is 1.72. The van der Waals surface area contributed by atoms with Gasteiger partial charge in [0.25, 0.3) is 0 Å². The normalized spacial score (nSPS) is 50.3. The number of hydrogen-bond donors (Lipinski definition) is 1. The van der Waals surface area contributed by atoms with Crippen molar-refractivity contribution in [2.24, 2.45) is 29.1 Å². The summed E-state index contributed by atoms with van der Waals surface area (Å²) in [6, 6.07) is 0. The Bertz CT molecular complexity index is 301. The highest BCUT2D eigenvalue weighted by molar-refractivity contribution is 5.78. The molecule has 3 aliphatic rings. The molecule has 0 radical (unpaired) electrons. The van der Waals surface area contributed by atoms with Crippen LogP contribution in [0.15, 0.2) is 0 Å². The monoisotopic (exact) mass is 210 g/mol. The molecule has 5 atom stereocenters. The molecular formula is C12H18O3. The van der Waals surface area contributed by atoms with Crippen LogP contribution in [-0.4, -0.2) is 24.3 Å². The quantitative estimate of drug-likeness (QED) is 0.712. The molecule has 0 aromatic rings. The van der Waals surface area contributed by atoms with Crippen LogP contribution in [0.1, 0.15) is 26.2 Å². The first-order chi connectivity index (χ1) is 7.16. The number of aliphatic hydroxyl groups excluding tert-OH is 1. The van der Waals surface area contributed by atoms with Crippen LogP contribution in [0, 0.1) is 29.1 Å². The van der Waals surface area contributed by atoms with Crippen molar-refractivity contribution in [3.05, 3.63) is 0 Å². The summed E-state index contributed by atoms with van der Waals surface area (Å²) in [6.07, 6.45) is 3.60. The van der Waals surface area contributed by atoms with E-state index >= 15 is 0 Å². The summed E-state index contributed by atoms with van der Waals surface area (Å²) in [5.74, 6) is 3.03. The van der Waals surface area contributed by atoms with Gasteiger partial charge in [-0.05, 0) is 49.9 Å². The molecule has 2 bridgehead atoms. The Morgan fingerprint density at radius 2 is 2.27 bits per heavy atom. The van der Waals surface area contributed by atoms with E-state index in [0.717, 1.165) is 24.2 Å². The molecule has 0 aromatic carbocycles. The van der Waals surface area contributed by atoms with E-state index in [1.54, 1.807) is 0 Å². The van der Waals surface area contributed by atoms with Crippen molar-refractivity contribution < 1.29 is 14.6 Å². The molecule has 0 aliphatic heterocycles. The molecule has 1 N–H and O–H groups in total. The number of rotatable bonds is 3. The Morgan fingerprint density at radius 1 is 1.47 bits per heavy atom. The summed E-state index contributed by atoms with van der Waals surface area (Å²) in [7, 11) is 0. The number of carbonyl (C=O) groups is 1. The summed E-state index contributed by atoms with van der Waals surface area (Å²) in [6.45, 7) is 2.15. The van der Waals surface area contributed by atoms with Crippen LogP contribution < -0.4 is 0 Å². The van der Waals surface area contributed by atoms with Gasteiger partial charge in [-0.2, -0.15) is 0 Å². The van der Waals surface area contributed by atoms with Crippen molar-refractivity contribution >= 4 is 5.97 Å². The van der Waals surface area contributed by atoms with Crippen molar-refractivity contribution in [2.75, 3.05) is 13.2 Å². The van der Waals surface area contributed by atoms with Gasteiger partial charge in [0.05, 0.1) is 12.0 Å². The summed E-state index contributed by atoms with van der Waals surface area (Å²) in [4.78, 5) is 11.9. The zero-order valence-electron chi connectivity index (χ0n) is 9.11. The molecule has 0 heterocycles. The highest BCUT2D eigenvalue weighted by Gasteiger charge is 2.67. The first-order valence-electron chi connectivity index (χ1n) is 5.95. The van der Waals surface area contributed by atoms with E-state index in [9.17, 15) is 4.79 Å². The van der Waals surface area contributed by atoms with Crippen LogP contribution in [0.3, 0.4) is 0 Å². The lowest BCUT2D eigenvalue weighted by molar-refractivity contribution is -0.159. The van der Waals surface area contributed by atoms with E-state index in [1.807, 2.05) is 0 Å². The maximum Gasteiger partial charge on any atom is 0.312 e. The number of carbonyl (C=O) groups excluding carboxylic acids is 1. The van der Waals surface area contributed by atoms with Gasteiger partial charge in [0.2, 0.25) is 0 Å². The molecule has 3 fully saturated rings. The minimum absolute atomic E-state index is 0.0675. The predicted octanol–water partition coefficient (Wildman–Crippen LogP) is 1.20. The van der Waals surface area contributed by atoms with E-state index in [0.29, 0.717) is 5.92 Å². The van der Waals surface area contributed by atoms with Gasteiger partial charge in [-0.25, -0.2) is 0 Å². The second-order valence-electron chi connectivity index (χ2n) is 5.65. The largest absolute Gasteiger partial charge is 0.463 e. The Labute approximate surface area is 89.8 Å². The van der Waals surface area contributed by atoms with Gasteiger partial charge in [0.1, 0.15) is 6.61 Å². The number of aliphatic hydroxyl groups is 1. The van der Waals surface area contributed by atoms with Crippen molar-refractivity contribution in [1.29, 1.82) is 0 Å². The van der Waals surface area contributed by atoms with Crippen LogP contribution in [0.2, 0.25) is 0 Å². The fourth-order valence-electron chi connectivity index (χ4n) is 4.12. The average Bonchev–Trinajstić information content (AvgIpc) is 2.86. The summed E-state index contributed by atoms with van der Waals surface area (Å²) in [5.41, 5.74) is -0.239. The number of ether oxygens (including phenoxy) is 1. The first kappa shape index (κ1) is 9.64. The van der Waals surface area contributed by atoms with Gasteiger partial charge in [0, 0.05) is 0 Å². The third-order valence-electron chi connectivity index (χ3n) is 4.87. The van der Waals surface area contributed by atoms with Crippen LogP contribution in [0.5, 0.6) is 0 Å². The molecule has 0 spiro atoms. The number of esters is 1. The number of fused-ring (bicyclic) bond motifs is 5. The van der Waals surface area contributed by atoms with E-state index < -0.39 is 0 Å². The van der Waals surface area contributed by atoms with Crippen LogP contribution >= 0.6 is 0 Å². The fourth-order valence-corrected chi connectivity index (χ4v) is 4.12. The van der Waals surface area contributed by atoms with Crippen molar-refractivity contribution in [3.63, 3.8) is 0 Å². The summed E-state index contributed by atoms with van der Waals surface area (Å²) >= 11 is 0. The summed E-state index contributed by atoms with van der Waals surface area (Å²) in [5, 5.41) is 8.66. The molecule has 3 heteroatoms. The molecular weight excluding hydrogens is 192 g/mol. The van der Waals surface area contributed by atoms with Gasteiger partial charge in [-0.15, -0.1) is 0 Å². The smallest absolute Gasteiger partial charge is 0.312 e. The van der Waals surface area contributed by atoms with Crippen LogP contribution in [0.4, 0.5) is 0 Å². The van der Waals surface area contributed by atoms with Crippen LogP contribution in [0.25, 0.3) is 0 Å². The average molecular weight is 210 g/mol. The SMILES string of the molecule is CC1(C(=O)OCCO)CC2CC1C1CC21. The van der Waals surface area contributed by atoms with Crippen molar-refractivity contribution in [3.8, 4) is 0 Å². The highest BCUT2D eigenvalue weighted by Crippen LogP contribution is 2.71. The Morgan fingerprint density at radius 3 is 2.87 bits per heavy atom. The minimum atomic E-state index is -0.239. The molecule has 3 rings (SSSR count). The molecule has 5 unspecified atom stereocenters. The summed E-state index contributed by atoms with van der Waals surface area (Å²) < 4.78 is 5.11. The standard InChI is InChI=1S/C12H18O3/c1-12(11(14)15-3-2-13)6-7-4-10(12)9-5-8(7)9/h7-10,13H,2-6H2,1H3. The van der Waals surface area contributed by atoms with Gasteiger partial charge in [-0.1, -0.05) is 0 Å². The zero-order chi connectivity index (χ0) is 10.6. The van der Waals surface area contributed by atoms with E-state index in [2.05, 4.69) is 6.92 Å². The molecule has 3 nitrogen and oxygen atoms in total. The third kappa shape index (κ3) is 1.19. The van der Waals surface area contributed by atoms with Gasteiger partial charge >= 0.3 is 5.97 Å². The minimum Gasteiger partial charge on any atom is -0.463 e. The molecule has 0 amide bonds. The molecule has 15 heavy (non-hydrogen) atoms.